The van der Waals surface area contributed by atoms with Gasteiger partial charge in [0, 0.05) is 33.4 Å². The fourth-order valence-corrected chi connectivity index (χ4v) is 6.76. The number of hydrogen-bond acceptors (Lipinski definition) is 3. The number of nitrogens with zero attached hydrogens (tertiary/aromatic N) is 5. The monoisotopic (exact) mass is 551 g/mol. The van der Waals surface area contributed by atoms with Crippen LogP contribution in [0.15, 0.2) is 126 Å². The van der Waals surface area contributed by atoms with E-state index in [9.17, 15) is 10.5 Å². The summed E-state index contributed by atoms with van der Waals surface area (Å²) in [7, 11) is 0. The molecule has 0 amide bonds. The molecule has 5 aromatic carbocycles. The Bertz CT molecular complexity index is 2350. The third kappa shape index (κ3) is 3.73. The Kier molecular flexibility index (Phi) is 5.54. The van der Waals surface area contributed by atoms with Crippen molar-refractivity contribution in [2.24, 2.45) is 10.9 Å². The van der Waals surface area contributed by atoms with Crippen LogP contribution < -0.4 is 0 Å². The van der Waals surface area contributed by atoms with Crippen molar-refractivity contribution < 1.29 is 0 Å². The molecule has 2 atom stereocenters. The van der Waals surface area contributed by atoms with Crippen LogP contribution in [0, 0.1) is 28.6 Å². The van der Waals surface area contributed by atoms with E-state index in [0.717, 1.165) is 50.1 Å². The first-order valence-electron chi connectivity index (χ1n) is 14.4. The molecule has 8 rings (SSSR count). The second-order valence-corrected chi connectivity index (χ2v) is 11.1. The zero-order valence-corrected chi connectivity index (χ0v) is 23.4. The van der Waals surface area contributed by atoms with Crippen LogP contribution in [-0.2, 0) is 0 Å². The van der Waals surface area contributed by atoms with Crippen LogP contribution in [0.1, 0.15) is 29.5 Å². The first kappa shape index (κ1) is 24.9. The number of hydrogen-bond donors (Lipinski definition) is 0. The van der Waals surface area contributed by atoms with Crippen LogP contribution in [0.3, 0.4) is 0 Å². The van der Waals surface area contributed by atoms with Gasteiger partial charge in [-0.15, -0.1) is 0 Å². The third-order valence-electron chi connectivity index (χ3n) is 8.74. The smallest absolute Gasteiger partial charge is 0.136 e. The number of fused-ring (bicyclic) bond motifs is 6. The lowest BCUT2D eigenvalue weighted by Gasteiger charge is -2.30. The number of rotatable bonds is 2. The van der Waals surface area contributed by atoms with Gasteiger partial charge in [-0.1, -0.05) is 73.7 Å². The van der Waals surface area contributed by atoms with Crippen molar-refractivity contribution in [1.82, 2.24) is 9.13 Å². The molecule has 0 radical (unpaired) electrons. The third-order valence-corrected chi connectivity index (χ3v) is 8.74. The van der Waals surface area contributed by atoms with Crippen LogP contribution >= 0.6 is 0 Å². The van der Waals surface area contributed by atoms with Gasteiger partial charge < -0.3 is 0 Å². The molecule has 202 valence electrons. The van der Waals surface area contributed by atoms with Gasteiger partial charge in [-0.05, 0) is 60.2 Å². The van der Waals surface area contributed by atoms with Crippen LogP contribution in [0.4, 0.5) is 0 Å². The van der Waals surface area contributed by atoms with Crippen LogP contribution in [0.5, 0.6) is 0 Å². The number of aromatic nitrogens is 2. The highest BCUT2D eigenvalue weighted by Gasteiger charge is 2.31. The highest BCUT2D eigenvalue weighted by atomic mass is 15.2. The molecule has 0 spiro atoms. The van der Waals surface area contributed by atoms with E-state index in [1.54, 1.807) is 0 Å². The maximum Gasteiger partial charge on any atom is 0.136 e. The molecule has 7 aromatic rings. The maximum atomic E-state index is 9.73. The van der Waals surface area contributed by atoms with E-state index in [-0.39, 0.29) is 11.8 Å². The first-order chi connectivity index (χ1) is 21.2. The SMILES string of the molecule is CC1C(n2c3ccccc3c3cc(C#N)ccc32)=NC(n2c3ccccc3c3ccccc32)=CC1c1cccc(C#N)c1. The zero-order chi connectivity index (χ0) is 29.1. The first-order valence-corrected chi connectivity index (χ1v) is 14.4. The summed E-state index contributed by atoms with van der Waals surface area (Å²) in [4.78, 5) is 5.48. The molecule has 0 N–H and O–H groups in total. The standard InChI is InChI=1S/C38H25N5/c1-24-31(27-10-8-9-25(19-27)22-39)21-37(42-33-14-5-2-11-28(33)29-12-3-6-15-34(29)42)41-38(24)43-35-16-7-4-13-30(35)32-20-26(23-40)17-18-36(32)43/h2-21,24,31H,1H3. The van der Waals surface area contributed by atoms with Crippen molar-refractivity contribution >= 4 is 55.3 Å². The molecule has 0 fully saturated rings. The molecule has 5 nitrogen and oxygen atoms in total. The average molecular weight is 552 g/mol. The average Bonchev–Trinajstić information content (AvgIpc) is 3.57. The molecule has 2 unspecified atom stereocenters. The van der Waals surface area contributed by atoms with Crippen LogP contribution in [0.2, 0.25) is 0 Å². The summed E-state index contributed by atoms with van der Waals surface area (Å²) in [5.74, 6) is 1.71. The van der Waals surface area contributed by atoms with E-state index in [1.807, 2.05) is 42.5 Å². The zero-order valence-electron chi connectivity index (χ0n) is 23.4. The highest BCUT2D eigenvalue weighted by Crippen LogP contribution is 2.41. The van der Waals surface area contributed by atoms with E-state index in [1.165, 1.54) is 10.8 Å². The minimum Gasteiger partial charge on any atom is -0.297 e. The molecule has 2 aromatic heterocycles. The van der Waals surface area contributed by atoms with Gasteiger partial charge in [-0.3, -0.25) is 9.13 Å². The quantitative estimate of drug-likeness (QED) is 0.215. The van der Waals surface area contributed by atoms with E-state index in [2.05, 4.69) is 107 Å². The summed E-state index contributed by atoms with van der Waals surface area (Å²) in [6.45, 7) is 2.21. The molecular formula is C38H25N5. The summed E-state index contributed by atoms with van der Waals surface area (Å²) in [5.41, 5.74) is 6.60. The van der Waals surface area contributed by atoms with Crippen molar-refractivity contribution in [3.05, 3.63) is 138 Å². The Balaban J connectivity index is 1.46. The second-order valence-electron chi connectivity index (χ2n) is 11.1. The lowest BCUT2D eigenvalue weighted by Crippen LogP contribution is -2.29. The Labute approximate surface area is 248 Å². The van der Waals surface area contributed by atoms with Gasteiger partial charge in [-0.25, -0.2) is 4.99 Å². The van der Waals surface area contributed by atoms with E-state index in [0.29, 0.717) is 11.1 Å². The van der Waals surface area contributed by atoms with Gasteiger partial charge in [-0.2, -0.15) is 10.5 Å². The van der Waals surface area contributed by atoms with Gasteiger partial charge >= 0.3 is 0 Å². The molecule has 1 aliphatic heterocycles. The minimum atomic E-state index is -0.0367. The Morgan fingerprint density at radius 2 is 1.14 bits per heavy atom. The van der Waals surface area contributed by atoms with E-state index >= 15 is 0 Å². The molecule has 43 heavy (non-hydrogen) atoms. The van der Waals surface area contributed by atoms with Gasteiger partial charge in [0.2, 0.25) is 0 Å². The van der Waals surface area contributed by atoms with Gasteiger partial charge in [0.05, 0.1) is 45.3 Å². The molecule has 0 bridgehead atoms. The number of benzene rings is 5. The van der Waals surface area contributed by atoms with Gasteiger partial charge in [0.15, 0.2) is 0 Å². The highest BCUT2D eigenvalue weighted by molar-refractivity contribution is 6.16. The van der Waals surface area contributed by atoms with Gasteiger partial charge in [0.1, 0.15) is 11.7 Å². The van der Waals surface area contributed by atoms with Crippen molar-refractivity contribution in [3.63, 3.8) is 0 Å². The molecular weight excluding hydrogens is 526 g/mol. The van der Waals surface area contributed by atoms with Crippen molar-refractivity contribution in [1.29, 1.82) is 10.5 Å². The minimum absolute atomic E-state index is 0.0135. The molecule has 0 saturated heterocycles. The summed E-state index contributed by atoms with van der Waals surface area (Å²) >= 11 is 0. The lowest BCUT2D eigenvalue weighted by atomic mass is 9.83. The maximum absolute atomic E-state index is 9.73. The van der Waals surface area contributed by atoms with Crippen LogP contribution in [-0.4, -0.2) is 15.0 Å². The number of nitriles is 2. The summed E-state index contributed by atoms with van der Waals surface area (Å²) in [6, 6.07) is 43.7. The topological polar surface area (TPSA) is 69.8 Å². The number of aliphatic imine (C=N–C) groups is 1. The Hall–Kier alpha value is -5.91. The predicted molar refractivity (Wildman–Crippen MR) is 174 cm³/mol. The van der Waals surface area contributed by atoms with Crippen molar-refractivity contribution in [3.8, 4) is 12.1 Å². The summed E-state index contributed by atoms with van der Waals surface area (Å²) in [6.07, 6.45) is 2.26. The fraction of sp³-hybridized carbons (Fsp3) is 0.0789. The molecule has 0 saturated carbocycles. The largest absolute Gasteiger partial charge is 0.297 e. The fourth-order valence-electron chi connectivity index (χ4n) is 6.76. The Morgan fingerprint density at radius 3 is 1.79 bits per heavy atom. The molecule has 0 aliphatic carbocycles. The van der Waals surface area contributed by atoms with E-state index < -0.39 is 0 Å². The Morgan fingerprint density at radius 1 is 0.581 bits per heavy atom. The number of allylic oxidation sites excluding steroid dienone is 1. The molecule has 3 heterocycles. The lowest BCUT2D eigenvalue weighted by molar-refractivity contribution is 0.651. The normalized spacial score (nSPS) is 16.7. The summed E-state index contributed by atoms with van der Waals surface area (Å²) in [5, 5.41) is 23.9. The molecule has 5 heteroatoms. The van der Waals surface area contributed by atoms with Crippen molar-refractivity contribution in [2.45, 2.75) is 12.8 Å². The van der Waals surface area contributed by atoms with Gasteiger partial charge in [0.25, 0.3) is 0 Å². The predicted octanol–water partition coefficient (Wildman–Crippen LogP) is 8.82. The number of para-hydroxylation sites is 3. The van der Waals surface area contributed by atoms with Crippen LogP contribution in [0.25, 0.3) is 49.4 Å². The van der Waals surface area contributed by atoms with Crippen molar-refractivity contribution in [2.75, 3.05) is 0 Å². The molecule has 1 aliphatic rings. The summed E-state index contributed by atoms with van der Waals surface area (Å²) < 4.78 is 4.53. The second kappa shape index (κ2) is 9.58. The van der Waals surface area contributed by atoms with E-state index in [4.69, 9.17) is 4.99 Å².